The first-order chi connectivity index (χ1) is 6.58. The van der Waals surface area contributed by atoms with Crippen molar-refractivity contribution in [3.63, 3.8) is 0 Å². The lowest BCUT2D eigenvalue weighted by molar-refractivity contribution is -0.144. The van der Waals surface area contributed by atoms with Crippen LogP contribution in [0.3, 0.4) is 0 Å². The van der Waals surface area contributed by atoms with Crippen LogP contribution in [0.4, 0.5) is 0 Å². The van der Waals surface area contributed by atoms with Gasteiger partial charge in [-0.3, -0.25) is 10.1 Å². The Morgan fingerprint density at radius 1 is 1.71 bits per heavy atom. The van der Waals surface area contributed by atoms with Crippen LogP contribution in [-0.2, 0) is 11.3 Å². The third-order valence-corrected chi connectivity index (χ3v) is 2.44. The molecule has 0 spiro atoms. The molecule has 4 nitrogen and oxygen atoms in total. The summed E-state index contributed by atoms with van der Waals surface area (Å²) in [6.07, 6.45) is 3.71. The van der Waals surface area contributed by atoms with Crippen molar-refractivity contribution in [1.29, 1.82) is 0 Å². The molecule has 0 fully saturated rings. The number of hydrogen-bond donors (Lipinski definition) is 2. The Morgan fingerprint density at radius 2 is 2.43 bits per heavy atom. The molecule has 0 saturated carbocycles. The Kier molecular flexibility index (Phi) is 3.30. The van der Waals surface area contributed by atoms with Gasteiger partial charge in [0.25, 0.3) is 0 Å². The first-order valence-corrected chi connectivity index (χ1v) is 4.58. The first kappa shape index (κ1) is 10.8. The quantitative estimate of drug-likeness (QED) is 0.753. The van der Waals surface area contributed by atoms with E-state index in [4.69, 9.17) is 9.52 Å². The molecule has 1 unspecified atom stereocenters. The van der Waals surface area contributed by atoms with Crippen LogP contribution in [0.5, 0.6) is 0 Å². The number of hydrogen-bond acceptors (Lipinski definition) is 3. The molecule has 0 saturated heterocycles. The molecular formula is C10H15NO3. The summed E-state index contributed by atoms with van der Waals surface area (Å²) < 4.78 is 4.89. The van der Waals surface area contributed by atoms with Crippen molar-refractivity contribution in [2.24, 2.45) is 0 Å². The molecule has 0 aliphatic rings. The highest BCUT2D eigenvalue weighted by molar-refractivity contribution is 5.78. The maximum atomic E-state index is 10.9. The Labute approximate surface area is 82.9 Å². The zero-order chi connectivity index (χ0) is 10.6. The predicted molar refractivity (Wildman–Crippen MR) is 51.9 cm³/mol. The van der Waals surface area contributed by atoms with E-state index in [-0.39, 0.29) is 0 Å². The molecule has 0 aliphatic carbocycles. The lowest BCUT2D eigenvalue weighted by Gasteiger charge is -2.24. The van der Waals surface area contributed by atoms with Crippen LogP contribution < -0.4 is 5.32 Å². The summed E-state index contributed by atoms with van der Waals surface area (Å²) in [4.78, 5) is 10.9. The predicted octanol–water partition coefficient (Wildman–Crippen LogP) is 1.62. The highest BCUT2D eigenvalue weighted by Crippen LogP contribution is 2.11. The summed E-state index contributed by atoms with van der Waals surface area (Å²) in [5, 5.41) is 12.0. The van der Waals surface area contributed by atoms with Gasteiger partial charge in [0, 0.05) is 12.1 Å². The molecule has 0 aliphatic heterocycles. The van der Waals surface area contributed by atoms with Crippen molar-refractivity contribution in [2.45, 2.75) is 32.4 Å². The van der Waals surface area contributed by atoms with Crippen molar-refractivity contribution in [2.75, 3.05) is 0 Å². The van der Waals surface area contributed by atoms with Gasteiger partial charge in [0.15, 0.2) is 0 Å². The fourth-order valence-electron chi connectivity index (χ4n) is 1.04. The van der Waals surface area contributed by atoms with Crippen LogP contribution in [0, 0.1) is 0 Å². The van der Waals surface area contributed by atoms with Gasteiger partial charge in [-0.25, -0.2) is 0 Å². The van der Waals surface area contributed by atoms with Crippen LogP contribution in [-0.4, -0.2) is 16.6 Å². The summed E-state index contributed by atoms with van der Waals surface area (Å²) >= 11 is 0. The highest BCUT2D eigenvalue weighted by Gasteiger charge is 2.29. The molecule has 78 valence electrons. The monoisotopic (exact) mass is 197 g/mol. The van der Waals surface area contributed by atoms with Crippen LogP contribution in [0.15, 0.2) is 23.0 Å². The van der Waals surface area contributed by atoms with Crippen molar-refractivity contribution < 1.29 is 14.3 Å². The molecule has 0 amide bonds. The molecule has 1 heterocycles. The largest absolute Gasteiger partial charge is 0.480 e. The minimum atomic E-state index is -0.864. The van der Waals surface area contributed by atoms with Crippen molar-refractivity contribution in [3.8, 4) is 0 Å². The zero-order valence-electron chi connectivity index (χ0n) is 8.41. The molecule has 4 heteroatoms. The smallest absolute Gasteiger partial charge is 0.323 e. The molecule has 14 heavy (non-hydrogen) atoms. The second-order valence-electron chi connectivity index (χ2n) is 3.48. The van der Waals surface area contributed by atoms with E-state index in [1.807, 2.05) is 13.0 Å². The number of carboxylic acid groups (broad SMARTS) is 1. The molecule has 2 N–H and O–H groups in total. The molecule has 0 radical (unpaired) electrons. The van der Waals surface area contributed by atoms with E-state index in [1.54, 1.807) is 19.5 Å². The van der Waals surface area contributed by atoms with Crippen molar-refractivity contribution >= 4 is 5.97 Å². The van der Waals surface area contributed by atoms with Crippen LogP contribution >= 0.6 is 0 Å². The summed E-state index contributed by atoms with van der Waals surface area (Å²) in [6, 6.07) is 1.81. The SMILES string of the molecule is CCC(C)(NCc1ccoc1)C(=O)O. The van der Waals surface area contributed by atoms with Crippen LogP contribution in [0.1, 0.15) is 25.8 Å². The van der Waals surface area contributed by atoms with Gasteiger partial charge in [-0.15, -0.1) is 0 Å². The second kappa shape index (κ2) is 4.28. The van der Waals surface area contributed by atoms with Gasteiger partial charge >= 0.3 is 5.97 Å². The van der Waals surface area contributed by atoms with Crippen molar-refractivity contribution in [1.82, 2.24) is 5.32 Å². The van der Waals surface area contributed by atoms with E-state index in [2.05, 4.69) is 5.32 Å². The van der Waals surface area contributed by atoms with Crippen LogP contribution in [0.25, 0.3) is 0 Å². The number of aliphatic carboxylic acids is 1. The lowest BCUT2D eigenvalue weighted by Crippen LogP contribution is -2.48. The van der Waals surface area contributed by atoms with Gasteiger partial charge in [0.2, 0.25) is 0 Å². The second-order valence-corrected chi connectivity index (χ2v) is 3.48. The van der Waals surface area contributed by atoms with Gasteiger partial charge in [-0.2, -0.15) is 0 Å². The third kappa shape index (κ3) is 2.35. The topological polar surface area (TPSA) is 62.5 Å². The highest BCUT2D eigenvalue weighted by atomic mass is 16.4. The Balaban J connectivity index is 2.54. The number of nitrogens with one attached hydrogen (secondary N) is 1. The number of carboxylic acids is 1. The fraction of sp³-hybridized carbons (Fsp3) is 0.500. The maximum absolute atomic E-state index is 10.9. The van der Waals surface area contributed by atoms with Crippen molar-refractivity contribution in [3.05, 3.63) is 24.2 Å². The minimum absolute atomic E-state index is 0.507. The first-order valence-electron chi connectivity index (χ1n) is 4.58. The number of furan rings is 1. The Hall–Kier alpha value is -1.29. The minimum Gasteiger partial charge on any atom is -0.480 e. The van der Waals surface area contributed by atoms with E-state index < -0.39 is 11.5 Å². The van der Waals surface area contributed by atoms with Gasteiger partial charge in [-0.05, 0) is 19.4 Å². The van der Waals surface area contributed by atoms with E-state index in [1.165, 1.54) is 0 Å². The molecule has 0 bridgehead atoms. The van der Waals surface area contributed by atoms with Gasteiger partial charge in [0.05, 0.1) is 12.5 Å². The normalized spacial score (nSPS) is 15.0. The third-order valence-electron chi connectivity index (χ3n) is 2.44. The van der Waals surface area contributed by atoms with E-state index >= 15 is 0 Å². The molecule has 1 aromatic rings. The fourth-order valence-corrected chi connectivity index (χ4v) is 1.04. The molecule has 0 aromatic carbocycles. The summed E-state index contributed by atoms with van der Waals surface area (Å²) in [5.41, 5.74) is 0.0861. The van der Waals surface area contributed by atoms with Gasteiger partial charge in [0.1, 0.15) is 5.54 Å². The number of carbonyl (C=O) groups is 1. The summed E-state index contributed by atoms with van der Waals surface area (Å²) in [6.45, 7) is 4.03. The Morgan fingerprint density at radius 3 is 2.86 bits per heavy atom. The average molecular weight is 197 g/mol. The summed E-state index contributed by atoms with van der Waals surface area (Å²) in [7, 11) is 0. The lowest BCUT2D eigenvalue weighted by atomic mass is 9.99. The van der Waals surface area contributed by atoms with Crippen LogP contribution in [0.2, 0.25) is 0 Å². The Bertz CT molecular complexity index is 294. The molecule has 1 atom stereocenters. The maximum Gasteiger partial charge on any atom is 0.323 e. The van der Waals surface area contributed by atoms with E-state index in [0.717, 1.165) is 5.56 Å². The van der Waals surface area contributed by atoms with E-state index in [9.17, 15) is 4.79 Å². The standard InChI is InChI=1S/C10H15NO3/c1-3-10(2,9(12)13)11-6-8-4-5-14-7-8/h4-5,7,11H,3,6H2,1-2H3,(H,12,13). The molecule has 1 aromatic heterocycles. The average Bonchev–Trinajstić information content (AvgIpc) is 2.66. The van der Waals surface area contributed by atoms with E-state index in [0.29, 0.717) is 13.0 Å². The van der Waals surface area contributed by atoms with Gasteiger partial charge < -0.3 is 9.52 Å². The molecule has 1 rings (SSSR count). The zero-order valence-corrected chi connectivity index (χ0v) is 8.41. The summed E-state index contributed by atoms with van der Waals surface area (Å²) in [5.74, 6) is -0.830. The van der Waals surface area contributed by atoms with Gasteiger partial charge in [-0.1, -0.05) is 6.92 Å². The number of rotatable bonds is 5. The molecular weight excluding hydrogens is 182 g/mol.